The van der Waals surface area contributed by atoms with Crippen molar-refractivity contribution in [2.75, 3.05) is 5.32 Å². The van der Waals surface area contributed by atoms with E-state index < -0.39 is 12.1 Å². The Morgan fingerprint density at radius 3 is 2.73 bits per heavy atom. The maximum Gasteiger partial charge on any atom is 0.413 e. The number of hydrogen-bond acceptors (Lipinski definition) is 5. The highest BCUT2D eigenvalue weighted by atomic mass is 32.1. The first-order valence-corrected chi connectivity index (χ1v) is 5.03. The van der Waals surface area contributed by atoms with Crippen LogP contribution < -0.4 is 5.32 Å². The molecule has 0 aliphatic rings. The lowest BCUT2D eigenvalue weighted by molar-refractivity contribution is 0.0691. The number of nitrogens with one attached hydrogen (secondary N) is 1. The molecule has 15 heavy (non-hydrogen) atoms. The van der Waals surface area contributed by atoms with Crippen molar-refractivity contribution in [1.29, 1.82) is 0 Å². The normalized spacial score (nSPS) is 10.1. The van der Waals surface area contributed by atoms with E-state index in [1.165, 1.54) is 5.38 Å². The van der Waals surface area contributed by atoms with E-state index in [9.17, 15) is 9.59 Å². The third-order valence-electron chi connectivity index (χ3n) is 1.28. The summed E-state index contributed by atoms with van der Waals surface area (Å²) in [4.78, 5) is 25.2. The molecule has 6 nitrogen and oxygen atoms in total. The summed E-state index contributed by atoms with van der Waals surface area (Å²) in [5.41, 5.74) is -0.0974. The number of rotatable bonds is 3. The smallest absolute Gasteiger partial charge is 0.413 e. The molecule has 1 rings (SSSR count). The predicted octanol–water partition coefficient (Wildman–Crippen LogP) is 1.80. The first-order valence-electron chi connectivity index (χ1n) is 4.15. The highest BCUT2D eigenvalue weighted by Gasteiger charge is 2.11. The summed E-state index contributed by atoms with van der Waals surface area (Å²) in [6.07, 6.45) is -0.875. The molecule has 1 amide bonds. The van der Waals surface area contributed by atoms with Gasteiger partial charge in [-0.25, -0.2) is 14.6 Å². The Balaban J connectivity index is 2.57. The number of thiazole rings is 1. The summed E-state index contributed by atoms with van der Waals surface area (Å²) < 4.78 is 4.79. The van der Waals surface area contributed by atoms with Crippen LogP contribution in [0.5, 0.6) is 0 Å². The Hall–Kier alpha value is -1.63. The van der Waals surface area contributed by atoms with Crippen molar-refractivity contribution in [3.8, 4) is 0 Å². The SMILES string of the molecule is CC(C)OC(=O)Nc1nc(C(=O)O)cs1. The van der Waals surface area contributed by atoms with E-state index in [-0.39, 0.29) is 16.9 Å². The van der Waals surface area contributed by atoms with Crippen molar-refractivity contribution in [1.82, 2.24) is 4.98 Å². The average molecular weight is 230 g/mol. The molecule has 2 N–H and O–H groups in total. The van der Waals surface area contributed by atoms with E-state index in [4.69, 9.17) is 9.84 Å². The summed E-state index contributed by atoms with van der Waals surface area (Å²) in [5, 5.41) is 12.5. The molecule has 0 spiro atoms. The summed E-state index contributed by atoms with van der Waals surface area (Å²) in [6.45, 7) is 3.42. The summed E-state index contributed by atoms with van der Waals surface area (Å²) in [6, 6.07) is 0. The van der Waals surface area contributed by atoms with Gasteiger partial charge in [0.2, 0.25) is 0 Å². The fraction of sp³-hybridized carbons (Fsp3) is 0.375. The Bertz CT molecular complexity index is 374. The van der Waals surface area contributed by atoms with Gasteiger partial charge in [-0.1, -0.05) is 0 Å². The van der Waals surface area contributed by atoms with E-state index in [2.05, 4.69) is 10.3 Å². The molecule has 0 atom stereocenters. The minimum absolute atomic E-state index is 0.0974. The van der Waals surface area contributed by atoms with Gasteiger partial charge < -0.3 is 9.84 Å². The summed E-state index contributed by atoms with van der Waals surface area (Å²) >= 11 is 1.03. The van der Waals surface area contributed by atoms with E-state index in [1.807, 2.05) is 0 Å². The molecule has 0 unspecified atom stereocenters. The molecule has 0 bridgehead atoms. The third-order valence-corrected chi connectivity index (χ3v) is 2.03. The number of ether oxygens (including phenoxy) is 1. The lowest BCUT2D eigenvalue weighted by atomic mass is 10.5. The maximum atomic E-state index is 11.1. The zero-order valence-corrected chi connectivity index (χ0v) is 9.00. The van der Waals surface area contributed by atoms with E-state index in [1.54, 1.807) is 13.8 Å². The molecular weight excluding hydrogens is 220 g/mol. The second-order valence-electron chi connectivity index (χ2n) is 2.92. The first kappa shape index (κ1) is 11.4. The van der Waals surface area contributed by atoms with Crippen molar-refractivity contribution < 1.29 is 19.4 Å². The Morgan fingerprint density at radius 1 is 1.60 bits per heavy atom. The van der Waals surface area contributed by atoms with Gasteiger partial charge in [-0.3, -0.25) is 5.32 Å². The molecule has 1 aromatic heterocycles. The van der Waals surface area contributed by atoms with E-state index in [0.717, 1.165) is 11.3 Å². The van der Waals surface area contributed by atoms with Crippen LogP contribution in [0.25, 0.3) is 0 Å². The summed E-state index contributed by atoms with van der Waals surface area (Å²) in [7, 11) is 0. The van der Waals surface area contributed by atoms with Crippen LogP contribution in [0.15, 0.2) is 5.38 Å². The molecule has 1 aromatic rings. The molecule has 0 radical (unpaired) electrons. The quantitative estimate of drug-likeness (QED) is 0.826. The second-order valence-corrected chi connectivity index (χ2v) is 3.78. The number of anilines is 1. The number of carbonyl (C=O) groups excluding carboxylic acids is 1. The van der Waals surface area contributed by atoms with Gasteiger partial charge in [0.25, 0.3) is 0 Å². The van der Waals surface area contributed by atoms with Crippen LogP contribution >= 0.6 is 11.3 Å². The number of carbonyl (C=O) groups is 2. The second kappa shape index (κ2) is 4.74. The first-order chi connectivity index (χ1) is 6.99. The number of carboxylic acids is 1. The molecule has 0 aliphatic carbocycles. The van der Waals surface area contributed by atoms with Gasteiger partial charge in [-0.2, -0.15) is 0 Å². The fourth-order valence-electron chi connectivity index (χ4n) is 0.760. The van der Waals surface area contributed by atoms with Crippen LogP contribution in [0.2, 0.25) is 0 Å². The molecule has 1 heterocycles. The highest BCUT2D eigenvalue weighted by molar-refractivity contribution is 7.14. The van der Waals surface area contributed by atoms with E-state index >= 15 is 0 Å². The molecule has 7 heteroatoms. The van der Waals surface area contributed by atoms with Crippen molar-refractivity contribution in [2.24, 2.45) is 0 Å². The lowest BCUT2D eigenvalue weighted by Crippen LogP contribution is -2.17. The maximum absolute atomic E-state index is 11.1. The van der Waals surface area contributed by atoms with Gasteiger partial charge in [0.1, 0.15) is 0 Å². The van der Waals surface area contributed by atoms with Crippen molar-refractivity contribution in [3.63, 3.8) is 0 Å². The standard InChI is InChI=1S/C8H10N2O4S/c1-4(2)14-8(13)10-7-9-5(3-15-7)6(11)12/h3-4H,1-2H3,(H,11,12)(H,9,10,13). The minimum Gasteiger partial charge on any atom is -0.476 e. The zero-order valence-electron chi connectivity index (χ0n) is 8.18. The monoisotopic (exact) mass is 230 g/mol. The Kier molecular flexibility index (Phi) is 3.62. The average Bonchev–Trinajstić information content (AvgIpc) is 2.50. The molecule has 0 aliphatic heterocycles. The lowest BCUT2D eigenvalue weighted by Gasteiger charge is -2.06. The number of hydrogen-bond donors (Lipinski definition) is 2. The number of aromatic carboxylic acids is 1. The molecule has 0 saturated heterocycles. The topological polar surface area (TPSA) is 88.5 Å². The predicted molar refractivity (Wildman–Crippen MR) is 54.3 cm³/mol. The largest absolute Gasteiger partial charge is 0.476 e. The number of carboxylic acid groups (broad SMARTS) is 1. The fourth-order valence-corrected chi connectivity index (χ4v) is 1.43. The number of aromatic nitrogens is 1. The minimum atomic E-state index is -1.13. The zero-order chi connectivity index (χ0) is 11.4. The molecular formula is C8H10N2O4S. The molecule has 82 valence electrons. The number of amides is 1. The van der Waals surface area contributed by atoms with Gasteiger partial charge in [0.15, 0.2) is 10.8 Å². The van der Waals surface area contributed by atoms with Gasteiger partial charge in [-0.05, 0) is 13.8 Å². The highest BCUT2D eigenvalue weighted by Crippen LogP contribution is 2.15. The van der Waals surface area contributed by atoms with E-state index in [0.29, 0.717) is 0 Å². The van der Waals surface area contributed by atoms with Crippen molar-refractivity contribution in [3.05, 3.63) is 11.1 Å². The van der Waals surface area contributed by atoms with Crippen LogP contribution in [-0.2, 0) is 4.74 Å². The third kappa shape index (κ3) is 3.55. The molecule has 0 saturated carbocycles. The summed E-state index contributed by atoms with van der Waals surface area (Å²) in [5.74, 6) is -1.13. The van der Waals surface area contributed by atoms with Gasteiger partial charge in [0.05, 0.1) is 6.10 Å². The van der Waals surface area contributed by atoms with Gasteiger partial charge >= 0.3 is 12.1 Å². The Labute approximate surface area is 89.9 Å². The number of nitrogens with zero attached hydrogens (tertiary/aromatic N) is 1. The van der Waals surface area contributed by atoms with Gasteiger partial charge in [-0.15, -0.1) is 11.3 Å². The van der Waals surface area contributed by atoms with Crippen LogP contribution in [0.4, 0.5) is 9.93 Å². The van der Waals surface area contributed by atoms with Crippen molar-refractivity contribution in [2.45, 2.75) is 20.0 Å². The Morgan fingerprint density at radius 2 is 2.27 bits per heavy atom. The van der Waals surface area contributed by atoms with Crippen LogP contribution in [-0.4, -0.2) is 28.3 Å². The van der Waals surface area contributed by atoms with Crippen LogP contribution in [0.3, 0.4) is 0 Å². The van der Waals surface area contributed by atoms with Gasteiger partial charge in [0, 0.05) is 5.38 Å². The van der Waals surface area contributed by atoms with Crippen LogP contribution in [0, 0.1) is 0 Å². The molecule has 0 aromatic carbocycles. The van der Waals surface area contributed by atoms with Crippen LogP contribution in [0.1, 0.15) is 24.3 Å². The van der Waals surface area contributed by atoms with Crippen molar-refractivity contribution >= 4 is 28.5 Å². The molecule has 0 fully saturated rings.